The van der Waals surface area contributed by atoms with E-state index in [0.29, 0.717) is 0 Å². The van der Waals surface area contributed by atoms with Crippen molar-refractivity contribution in [2.75, 3.05) is 24.6 Å². The zero-order valence-electron chi connectivity index (χ0n) is 12.3. The number of nitrogens with zero attached hydrogens (tertiary/aromatic N) is 1. The Morgan fingerprint density at radius 1 is 1.32 bits per heavy atom. The van der Waals surface area contributed by atoms with Gasteiger partial charge in [-0.25, -0.2) is 9.59 Å². The van der Waals surface area contributed by atoms with Gasteiger partial charge in [0.05, 0.1) is 5.56 Å². The van der Waals surface area contributed by atoms with E-state index in [-0.39, 0.29) is 18.2 Å². The summed E-state index contributed by atoms with van der Waals surface area (Å²) >= 11 is 0. The summed E-state index contributed by atoms with van der Waals surface area (Å²) in [6, 6.07) is 6.95. The third-order valence-electron chi connectivity index (χ3n) is 3.63. The first-order valence-electron chi connectivity index (χ1n) is 7.22. The highest BCUT2D eigenvalue weighted by atomic mass is 16.5. The monoisotopic (exact) mass is 304 g/mol. The molecule has 6 nitrogen and oxygen atoms in total. The number of carbonyl (C=O) groups is 2. The average Bonchev–Trinajstić information content (AvgIpc) is 2.54. The number of rotatable bonds is 5. The number of benzene rings is 1. The number of nitrogens with one attached hydrogen (secondary N) is 1. The molecule has 0 bridgehead atoms. The van der Waals surface area contributed by atoms with Crippen LogP contribution in [-0.4, -0.2) is 42.9 Å². The normalized spacial score (nSPS) is 15.2. The molecule has 1 heterocycles. The summed E-state index contributed by atoms with van der Waals surface area (Å²) in [5.41, 5.74) is 1.28. The van der Waals surface area contributed by atoms with E-state index in [4.69, 9.17) is 9.84 Å². The van der Waals surface area contributed by atoms with Crippen LogP contribution in [0, 0.1) is 0 Å². The number of amides is 1. The Labute approximate surface area is 129 Å². The number of hydrogen-bond acceptors (Lipinski definition) is 4. The van der Waals surface area contributed by atoms with E-state index in [1.807, 2.05) is 12.1 Å². The maximum absolute atomic E-state index is 11.5. The van der Waals surface area contributed by atoms with Gasteiger partial charge in [-0.2, -0.15) is 0 Å². The predicted octanol–water partition coefficient (Wildman–Crippen LogP) is 2.27. The van der Waals surface area contributed by atoms with Gasteiger partial charge >= 0.3 is 12.1 Å². The third kappa shape index (κ3) is 4.25. The van der Waals surface area contributed by atoms with Crippen LogP contribution in [0.4, 0.5) is 10.5 Å². The molecule has 1 aromatic rings. The van der Waals surface area contributed by atoms with Gasteiger partial charge in [-0.3, -0.25) is 0 Å². The van der Waals surface area contributed by atoms with Crippen LogP contribution in [-0.2, 0) is 4.74 Å². The Kier molecular flexibility index (Phi) is 5.41. The van der Waals surface area contributed by atoms with Crippen LogP contribution in [0.3, 0.4) is 0 Å². The Balaban J connectivity index is 1.82. The molecule has 1 fully saturated rings. The minimum atomic E-state index is -0.924. The van der Waals surface area contributed by atoms with Gasteiger partial charge in [0.15, 0.2) is 0 Å². The molecule has 22 heavy (non-hydrogen) atoms. The SMILES string of the molecule is C=CCOC(=O)NC1CCN(c2ccc(C(=O)O)cc2)CC1. The number of carbonyl (C=O) groups excluding carboxylic acids is 1. The van der Waals surface area contributed by atoms with Crippen LogP contribution in [0.15, 0.2) is 36.9 Å². The van der Waals surface area contributed by atoms with Gasteiger partial charge in [-0.15, -0.1) is 0 Å². The summed E-state index contributed by atoms with van der Waals surface area (Å²) in [6.07, 6.45) is 2.76. The number of aromatic carboxylic acids is 1. The lowest BCUT2D eigenvalue weighted by Crippen LogP contribution is -2.44. The molecule has 2 N–H and O–H groups in total. The highest BCUT2D eigenvalue weighted by molar-refractivity contribution is 5.88. The van der Waals surface area contributed by atoms with Gasteiger partial charge in [-0.05, 0) is 37.1 Å². The zero-order chi connectivity index (χ0) is 15.9. The number of hydrogen-bond donors (Lipinski definition) is 2. The van der Waals surface area contributed by atoms with Gasteiger partial charge < -0.3 is 20.1 Å². The van der Waals surface area contributed by atoms with Gasteiger partial charge in [0.2, 0.25) is 0 Å². The van der Waals surface area contributed by atoms with E-state index in [9.17, 15) is 9.59 Å². The van der Waals surface area contributed by atoms with Crippen molar-refractivity contribution < 1.29 is 19.4 Å². The summed E-state index contributed by atoms with van der Waals surface area (Å²) in [5.74, 6) is -0.924. The lowest BCUT2D eigenvalue weighted by atomic mass is 10.0. The van der Waals surface area contributed by atoms with Crippen LogP contribution in [0.2, 0.25) is 0 Å². The van der Waals surface area contributed by atoms with Crippen molar-refractivity contribution in [2.45, 2.75) is 18.9 Å². The summed E-state index contributed by atoms with van der Waals surface area (Å²) < 4.78 is 4.90. The van der Waals surface area contributed by atoms with Crippen molar-refractivity contribution in [3.8, 4) is 0 Å². The third-order valence-corrected chi connectivity index (χ3v) is 3.63. The fraction of sp³-hybridized carbons (Fsp3) is 0.375. The van der Waals surface area contributed by atoms with Crippen molar-refractivity contribution in [3.63, 3.8) is 0 Å². The molecule has 0 aromatic heterocycles. The molecule has 0 unspecified atom stereocenters. The maximum Gasteiger partial charge on any atom is 0.407 e. The van der Waals surface area contributed by atoms with Crippen molar-refractivity contribution >= 4 is 17.7 Å². The zero-order valence-corrected chi connectivity index (χ0v) is 12.3. The Hall–Kier alpha value is -2.50. The molecule has 6 heteroatoms. The van der Waals surface area contributed by atoms with E-state index < -0.39 is 12.1 Å². The average molecular weight is 304 g/mol. The number of carboxylic acid groups (broad SMARTS) is 1. The van der Waals surface area contributed by atoms with E-state index >= 15 is 0 Å². The van der Waals surface area contributed by atoms with Gasteiger partial charge in [-0.1, -0.05) is 12.7 Å². The Morgan fingerprint density at radius 3 is 2.50 bits per heavy atom. The summed E-state index contributed by atoms with van der Waals surface area (Å²) in [4.78, 5) is 24.5. The number of ether oxygens (including phenoxy) is 1. The fourth-order valence-electron chi connectivity index (χ4n) is 2.44. The minimum absolute atomic E-state index is 0.104. The molecule has 0 aliphatic carbocycles. The first-order chi connectivity index (χ1) is 10.6. The second-order valence-corrected chi connectivity index (χ2v) is 5.14. The summed E-state index contributed by atoms with van der Waals surface area (Å²) in [6.45, 7) is 5.31. The number of piperidine rings is 1. The molecule has 0 spiro atoms. The van der Waals surface area contributed by atoms with Crippen LogP contribution in [0.1, 0.15) is 23.2 Å². The van der Waals surface area contributed by atoms with E-state index in [2.05, 4.69) is 16.8 Å². The molecule has 0 saturated carbocycles. The van der Waals surface area contributed by atoms with Crippen molar-refractivity contribution in [2.24, 2.45) is 0 Å². The molecule has 118 valence electrons. The van der Waals surface area contributed by atoms with Crippen LogP contribution >= 0.6 is 0 Å². The lowest BCUT2D eigenvalue weighted by Gasteiger charge is -2.33. The standard InChI is InChI=1S/C16H20N2O4/c1-2-11-22-16(21)17-13-7-9-18(10-8-13)14-5-3-12(4-6-14)15(19)20/h2-6,13H,1,7-11H2,(H,17,21)(H,19,20). The van der Waals surface area contributed by atoms with E-state index in [0.717, 1.165) is 31.6 Å². The van der Waals surface area contributed by atoms with Crippen LogP contribution in [0.25, 0.3) is 0 Å². The summed E-state index contributed by atoms with van der Waals surface area (Å²) in [7, 11) is 0. The largest absolute Gasteiger partial charge is 0.478 e. The van der Waals surface area contributed by atoms with Gasteiger partial charge in [0.1, 0.15) is 6.61 Å². The topological polar surface area (TPSA) is 78.9 Å². The highest BCUT2D eigenvalue weighted by Gasteiger charge is 2.21. The van der Waals surface area contributed by atoms with E-state index in [1.54, 1.807) is 12.1 Å². The Bertz CT molecular complexity index is 534. The molecule has 0 atom stereocenters. The molecule has 2 rings (SSSR count). The molecule has 1 aromatic carbocycles. The highest BCUT2D eigenvalue weighted by Crippen LogP contribution is 2.20. The van der Waals surface area contributed by atoms with Gasteiger partial charge in [0.25, 0.3) is 0 Å². The van der Waals surface area contributed by atoms with Crippen molar-refractivity contribution in [1.29, 1.82) is 0 Å². The molecule has 1 aliphatic rings. The van der Waals surface area contributed by atoms with Crippen LogP contribution < -0.4 is 10.2 Å². The molecule has 1 amide bonds. The molecule has 0 radical (unpaired) electrons. The first-order valence-corrected chi connectivity index (χ1v) is 7.22. The lowest BCUT2D eigenvalue weighted by molar-refractivity contribution is 0.0697. The maximum atomic E-state index is 11.5. The molecule has 1 saturated heterocycles. The number of anilines is 1. The van der Waals surface area contributed by atoms with Crippen molar-refractivity contribution in [1.82, 2.24) is 5.32 Å². The number of carboxylic acids is 1. The Morgan fingerprint density at radius 2 is 1.95 bits per heavy atom. The quantitative estimate of drug-likeness (QED) is 0.816. The fourth-order valence-corrected chi connectivity index (χ4v) is 2.44. The molecular formula is C16H20N2O4. The smallest absolute Gasteiger partial charge is 0.407 e. The first kappa shape index (κ1) is 15.9. The predicted molar refractivity (Wildman–Crippen MR) is 83.3 cm³/mol. The second kappa shape index (κ2) is 7.49. The summed E-state index contributed by atoms with van der Waals surface area (Å²) in [5, 5.41) is 11.7. The van der Waals surface area contributed by atoms with E-state index in [1.165, 1.54) is 6.08 Å². The second-order valence-electron chi connectivity index (χ2n) is 5.14. The van der Waals surface area contributed by atoms with Crippen molar-refractivity contribution in [3.05, 3.63) is 42.5 Å². The van der Waals surface area contributed by atoms with Gasteiger partial charge in [0, 0.05) is 24.8 Å². The molecular weight excluding hydrogens is 284 g/mol. The minimum Gasteiger partial charge on any atom is -0.478 e. The van der Waals surface area contributed by atoms with Crippen LogP contribution in [0.5, 0.6) is 0 Å². The number of alkyl carbamates (subject to hydrolysis) is 1. The molecule has 1 aliphatic heterocycles.